The van der Waals surface area contributed by atoms with E-state index in [2.05, 4.69) is 9.97 Å². The van der Waals surface area contributed by atoms with Crippen molar-refractivity contribution in [3.8, 4) is 0 Å². The van der Waals surface area contributed by atoms with Crippen LogP contribution in [0.2, 0.25) is 5.02 Å². The number of para-hydroxylation sites is 1. The number of aromatic amines is 1. The van der Waals surface area contributed by atoms with Crippen molar-refractivity contribution in [2.75, 3.05) is 6.54 Å². The summed E-state index contributed by atoms with van der Waals surface area (Å²) in [5.41, 5.74) is 0.954. The van der Waals surface area contributed by atoms with Crippen molar-refractivity contribution in [3.63, 3.8) is 0 Å². The number of halogens is 2. The molecule has 0 radical (unpaired) electrons. The maximum Gasteiger partial charge on any atom is 0.258 e. The first-order valence-corrected chi connectivity index (χ1v) is 8.75. The van der Waals surface area contributed by atoms with Gasteiger partial charge in [0.15, 0.2) is 0 Å². The maximum atomic E-state index is 13.2. The third-order valence-electron chi connectivity index (χ3n) is 4.06. The van der Waals surface area contributed by atoms with Gasteiger partial charge in [0.2, 0.25) is 5.91 Å². The minimum Gasteiger partial charge on any atom is -0.332 e. The Labute approximate surface area is 160 Å². The molecule has 0 saturated heterocycles. The fraction of sp³-hybridized carbons (Fsp3) is 0.150. The summed E-state index contributed by atoms with van der Waals surface area (Å²) in [6.07, 6.45) is 2.94. The van der Waals surface area contributed by atoms with Crippen LogP contribution in [0.4, 0.5) is 4.39 Å². The van der Waals surface area contributed by atoms with Crippen LogP contribution in [-0.4, -0.2) is 27.3 Å². The van der Waals surface area contributed by atoms with Crippen molar-refractivity contribution < 1.29 is 9.18 Å². The fourth-order valence-corrected chi connectivity index (χ4v) is 2.81. The highest BCUT2D eigenvalue weighted by Crippen LogP contribution is 2.17. The van der Waals surface area contributed by atoms with Crippen LogP contribution in [0.3, 0.4) is 0 Å². The summed E-state index contributed by atoms with van der Waals surface area (Å²) in [6.45, 7) is 2.44. The zero-order valence-electron chi connectivity index (χ0n) is 14.6. The average Bonchev–Trinajstić information content (AvgIpc) is 2.67. The molecule has 0 atom stereocenters. The molecule has 5 nitrogen and oxygen atoms in total. The van der Waals surface area contributed by atoms with Crippen molar-refractivity contribution in [3.05, 3.63) is 81.1 Å². The van der Waals surface area contributed by atoms with Gasteiger partial charge in [-0.2, -0.15) is 0 Å². The van der Waals surface area contributed by atoms with Crippen LogP contribution in [-0.2, 0) is 11.3 Å². The van der Waals surface area contributed by atoms with Crippen LogP contribution in [0.15, 0.2) is 53.3 Å². The summed E-state index contributed by atoms with van der Waals surface area (Å²) in [5.74, 6) is -0.359. The van der Waals surface area contributed by atoms with Crippen LogP contribution >= 0.6 is 11.6 Å². The van der Waals surface area contributed by atoms with Gasteiger partial charge in [-0.15, -0.1) is 0 Å². The second kappa shape index (κ2) is 8.14. The number of rotatable bonds is 5. The van der Waals surface area contributed by atoms with E-state index in [0.717, 1.165) is 0 Å². The monoisotopic (exact) mass is 385 g/mol. The highest BCUT2D eigenvalue weighted by molar-refractivity contribution is 6.30. The lowest BCUT2D eigenvalue weighted by atomic mass is 10.2. The molecule has 138 valence electrons. The average molecular weight is 386 g/mol. The van der Waals surface area contributed by atoms with Gasteiger partial charge in [-0.25, -0.2) is 9.37 Å². The Bertz CT molecular complexity index is 1080. The van der Waals surface area contributed by atoms with E-state index in [1.54, 1.807) is 30.3 Å². The van der Waals surface area contributed by atoms with Crippen molar-refractivity contribution in [2.45, 2.75) is 13.5 Å². The summed E-state index contributed by atoms with van der Waals surface area (Å²) in [4.78, 5) is 33.3. The van der Waals surface area contributed by atoms with Crippen LogP contribution < -0.4 is 5.56 Å². The number of amides is 1. The van der Waals surface area contributed by atoms with E-state index >= 15 is 0 Å². The molecule has 0 aliphatic carbocycles. The van der Waals surface area contributed by atoms with E-state index in [9.17, 15) is 14.0 Å². The Morgan fingerprint density at radius 1 is 1.30 bits per heavy atom. The van der Waals surface area contributed by atoms with Gasteiger partial charge in [-0.3, -0.25) is 9.59 Å². The number of nitrogens with zero attached hydrogens (tertiary/aromatic N) is 2. The lowest BCUT2D eigenvalue weighted by Gasteiger charge is -2.18. The predicted octanol–water partition coefficient (Wildman–Crippen LogP) is 3.78. The standard InChI is InChI=1S/C20H17ClFN3O2/c1-2-25(19(26)10-8-13-7-9-16(22)15(21)11-13)12-18-23-17-6-4-3-5-14(17)20(27)24-18/h3-11H,2,12H2,1H3,(H,23,24,27)/b10-8+. The van der Waals surface area contributed by atoms with Gasteiger partial charge in [0.05, 0.1) is 22.5 Å². The number of H-pyrrole nitrogens is 1. The van der Waals surface area contributed by atoms with Crippen molar-refractivity contribution >= 4 is 34.5 Å². The lowest BCUT2D eigenvalue weighted by molar-refractivity contribution is -0.126. The number of carbonyl (C=O) groups is 1. The first-order chi connectivity index (χ1) is 13.0. The molecule has 1 amide bonds. The second-order valence-corrected chi connectivity index (χ2v) is 6.30. The minimum absolute atomic E-state index is 0.00474. The molecule has 0 aliphatic heterocycles. The Balaban J connectivity index is 1.78. The number of fused-ring (bicyclic) bond motifs is 1. The summed E-state index contributed by atoms with van der Waals surface area (Å²) in [5, 5.41) is 0.499. The SMILES string of the molecule is CCN(Cc1nc2ccccc2c(=O)[nH]1)C(=O)/C=C/c1ccc(F)c(Cl)c1. The van der Waals surface area contributed by atoms with Crippen LogP contribution in [0.5, 0.6) is 0 Å². The first kappa shape index (κ1) is 18.8. The molecule has 2 aromatic carbocycles. The number of likely N-dealkylation sites (N-methyl/N-ethyl adjacent to an activating group) is 1. The van der Waals surface area contributed by atoms with Crippen LogP contribution in [0.1, 0.15) is 18.3 Å². The molecule has 1 heterocycles. The topological polar surface area (TPSA) is 66.1 Å². The van der Waals surface area contributed by atoms with Gasteiger partial charge in [0, 0.05) is 12.6 Å². The number of carbonyl (C=O) groups excluding carboxylic acids is 1. The largest absolute Gasteiger partial charge is 0.332 e. The van der Waals surface area contributed by atoms with E-state index in [1.165, 1.54) is 29.2 Å². The highest BCUT2D eigenvalue weighted by Gasteiger charge is 2.12. The molecule has 0 unspecified atom stereocenters. The Kier molecular flexibility index (Phi) is 5.66. The molecule has 1 N–H and O–H groups in total. The Morgan fingerprint density at radius 2 is 2.07 bits per heavy atom. The van der Waals surface area contributed by atoms with Crippen LogP contribution in [0, 0.1) is 5.82 Å². The lowest BCUT2D eigenvalue weighted by Crippen LogP contribution is -2.30. The van der Waals surface area contributed by atoms with E-state index < -0.39 is 5.82 Å². The third kappa shape index (κ3) is 4.41. The number of hydrogen-bond acceptors (Lipinski definition) is 3. The minimum atomic E-state index is -0.512. The van der Waals surface area contributed by atoms with Crippen molar-refractivity contribution in [1.82, 2.24) is 14.9 Å². The molecule has 0 aliphatic rings. The smallest absolute Gasteiger partial charge is 0.258 e. The van der Waals surface area contributed by atoms with E-state index in [4.69, 9.17) is 11.6 Å². The molecule has 1 aromatic heterocycles. The van der Waals surface area contributed by atoms with E-state index in [0.29, 0.717) is 28.8 Å². The number of hydrogen-bond donors (Lipinski definition) is 1. The second-order valence-electron chi connectivity index (χ2n) is 5.89. The predicted molar refractivity (Wildman–Crippen MR) is 104 cm³/mol. The fourth-order valence-electron chi connectivity index (χ4n) is 2.63. The van der Waals surface area contributed by atoms with Gasteiger partial charge in [0.25, 0.3) is 5.56 Å². The van der Waals surface area contributed by atoms with Crippen molar-refractivity contribution in [2.24, 2.45) is 0 Å². The van der Waals surface area contributed by atoms with Gasteiger partial charge < -0.3 is 9.88 Å². The van der Waals surface area contributed by atoms with Crippen LogP contribution in [0.25, 0.3) is 17.0 Å². The molecule has 7 heteroatoms. The number of nitrogens with one attached hydrogen (secondary N) is 1. The zero-order valence-corrected chi connectivity index (χ0v) is 15.3. The zero-order chi connectivity index (χ0) is 19.4. The molecule has 0 saturated carbocycles. The number of aromatic nitrogens is 2. The molecule has 0 fully saturated rings. The molecule has 27 heavy (non-hydrogen) atoms. The summed E-state index contributed by atoms with van der Waals surface area (Å²) >= 11 is 5.74. The summed E-state index contributed by atoms with van der Waals surface area (Å²) in [7, 11) is 0. The normalized spacial score (nSPS) is 11.2. The third-order valence-corrected chi connectivity index (χ3v) is 4.35. The van der Waals surface area contributed by atoms with E-state index in [1.807, 2.05) is 6.92 Å². The molecule has 0 bridgehead atoms. The van der Waals surface area contributed by atoms with Crippen molar-refractivity contribution in [1.29, 1.82) is 0 Å². The summed E-state index contributed by atoms with van der Waals surface area (Å²) in [6, 6.07) is 11.2. The maximum absolute atomic E-state index is 13.2. The van der Waals surface area contributed by atoms with Gasteiger partial charge in [-0.05, 0) is 42.8 Å². The quantitative estimate of drug-likeness (QED) is 0.680. The number of benzene rings is 2. The molecular formula is C20H17ClFN3O2. The first-order valence-electron chi connectivity index (χ1n) is 8.38. The Morgan fingerprint density at radius 3 is 2.81 bits per heavy atom. The Hall–Kier alpha value is -2.99. The van der Waals surface area contributed by atoms with Gasteiger partial charge in [-0.1, -0.05) is 29.8 Å². The molecular weight excluding hydrogens is 369 g/mol. The molecule has 0 spiro atoms. The molecule has 3 aromatic rings. The van der Waals surface area contributed by atoms with Gasteiger partial charge in [0.1, 0.15) is 11.6 Å². The summed E-state index contributed by atoms with van der Waals surface area (Å²) < 4.78 is 13.2. The highest BCUT2D eigenvalue weighted by atomic mass is 35.5. The molecule has 3 rings (SSSR count). The van der Waals surface area contributed by atoms with E-state index in [-0.39, 0.29) is 23.0 Å². The van der Waals surface area contributed by atoms with Gasteiger partial charge >= 0.3 is 0 Å².